The van der Waals surface area contributed by atoms with Crippen LogP contribution in [0.1, 0.15) is 27.2 Å². The van der Waals surface area contributed by atoms with E-state index in [-0.39, 0.29) is 11.7 Å². The smallest absolute Gasteiger partial charge is 0.416 e. The van der Waals surface area contributed by atoms with Crippen molar-refractivity contribution in [3.63, 3.8) is 0 Å². The normalized spacial score (nSPS) is 13.9. The minimum Gasteiger partial charge on any atom is -0.457 e. The highest BCUT2D eigenvalue weighted by Gasteiger charge is 2.30. The van der Waals surface area contributed by atoms with Crippen LogP contribution in [0.2, 0.25) is 0 Å². The standard InChI is InChI=1S/C22H17F3N2O2/c1-14-3-2-4-20(26-14)27-12-11-15-5-8-18(13-19(15)21(27)28)29-17-9-6-16(7-10-17)22(23,24)25/h2-10,13H,11-12H2,1H3. The highest BCUT2D eigenvalue weighted by molar-refractivity contribution is 6.08. The number of benzene rings is 2. The lowest BCUT2D eigenvalue weighted by Crippen LogP contribution is -2.38. The minimum atomic E-state index is -4.40. The predicted molar refractivity (Wildman–Crippen MR) is 102 cm³/mol. The van der Waals surface area contributed by atoms with Gasteiger partial charge in [-0.1, -0.05) is 12.1 Å². The van der Waals surface area contributed by atoms with Crippen LogP contribution in [0.3, 0.4) is 0 Å². The van der Waals surface area contributed by atoms with Gasteiger partial charge in [-0.15, -0.1) is 0 Å². The Bertz CT molecular complexity index is 1060. The lowest BCUT2D eigenvalue weighted by molar-refractivity contribution is -0.137. The van der Waals surface area contributed by atoms with E-state index in [9.17, 15) is 18.0 Å². The van der Waals surface area contributed by atoms with E-state index in [1.807, 2.05) is 25.1 Å². The van der Waals surface area contributed by atoms with Crippen LogP contribution in [0.15, 0.2) is 60.7 Å². The summed E-state index contributed by atoms with van der Waals surface area (Å²) in [5.74, 6) is 1.06. The quantitative estimate of drug-likeness (QED) is 0.593. The second kappa shape index (κ2) is 7.24. The third-order valence-electron chi connectivity index (χ3n) is 4.73. The molecule has 1 amide bonds. The fraction of sp³-hybridized carbons (Fsp3) is 0.182. The molecule has 4 rings (SSSR count). The number of hydrogen-bond donors (Lipinski definition) is 0. The topological polar surface area (TPSA) is 42.4 Å². The van der Waals surface area contributed by atoms with E-state index in [4.69, 9.17) is 4.74 Å². The summed E-state index contributed by atoms with van der Waals surface area (Å²) in [6.45, 7) is 2.39. The maximum absolute atomic E-state index is 13.0. The summed E-state index contributed by atoms with van der Waals surface area (Å²) in [7, 11) is 0. The van der Waals surface area contributed by atoms with E-state index >= 15 is 0 Å². The maximum atomic E-state index is 13.0. The first-order chi connectivity index (χ1) is 13.8. The number of carbonyl (C=O) groups excluding carboxylic acids is 1. The number of aryl methyl sites for hydroxylation is 1. The summed E-state index contributed by atoms with van der Waals surface area (Å²) in [5, 5.41) is 0. The summed E-state index contributed by atoms with van der Waals surface area (Å²) in [4.78, 5) is 19.0. The Kier molecular flexibility index (Phi) is 4.74. The maximum Gasteiger partial charge on any atom is 0.416 e. The largest absolute Gasteiger partial charge is 0.457 e. The number of anilines is 1. The van der Waals surface area contributed by atoms with Crippen molar-refractivity contribution < 1.29 is 22.7 Å². The number of carbonyl (C=O) groups is 1. The molecule has 148 valence electrons. The van der Waals surface area contributed by atoms with Gasteiger partial charge in [-0.3, -0.25) is 9.69 Å². The van der Waals surface area contributed by atoms with Gasteiger partial charge in [-0.05, 0) is 67.4 Å². The van der Waals surface area contributed by atoms with Crippen molar-refractivity contribution in [2.45, 2.75) is 19.5 Å². The summed E-state index contributed by atoms with van der Waals surface area (Å²) >= 11 is 0. The summed E-state index contributed by atoms with van der Waals surface area (Å²) in [6.07, 6.45) is -3.72. The SMILES string of the molecule is Cc1cccc(N2CCc3ccc(Oc4ccc(C(F)(F)F)cc4)cc3C2=O)n1. The zero-order valence-electron chi connectivity index (χ0n) is 15.5. The molecule has 1 aromatic heterocycles. The van der Waals surface area contributed by atoms with Crippen molar-refractivity contribution in [1.82, 2.24) is 4.98 Å². The second-order valence-electron chi connectivity index (χ2n) is 6.79. The lowest BCUT2D eigenvalue weighted by Gasteiger charge is -2.28. The average molecular weight is 398 g/mol. The third kappa shape index (κ3) is 3.94. The average Bonchev–Trinajstić information content (AvgIpc) is 2.68. The Labute approximate surface area is 165 Å². The molecule has 0 saturated carbocycles. The molecule has 3 aromatic rings. The van der Waals surface area contributed by atoms with Gasteiger partial charge in [0.05, 0.1) is 5.56 Å². The van der Waals surface area contributed by atoms with E-state index in [0.717, 1.165) is 23.4 Å². The molecule has 0 saturated heterocycles. The Morgan fingerprint density at radius 1 is 1.00 bits per heavy atom. The van der Waals surface area contributed by atoms with Gasteiger partial charge in [0.1, 0.15) is 17.3 Å². The molecule has 0 unspecified atom stereocenters. The number of ether oxygens (including phenoxy) is 1. The van der Waals surface area contributed by atoms with Gasteiger partial charge in [-0.25, -0.2) is 4.98 Å². The molecule has 0 spiro atoms. The van der Waals surface area contributed by atoms with E-state index in [2.05, 4.69) is 4.98 Å². The molecule has 0 N–H and O–H groups in total. The first-order valence-corrected chi connectivity index (χ1v) is 9.05. The first-order valence-electron chi connectivity index (χ1n) is 9.05. The monoisotopic (exact) mass is 398 g/mol. The van der Waals surface area contributed by atoms with Crippen LogP contribution in [0, 0.1) is 6.92 Å². The Morgan fingerprint density at radius 3 is 2.41 bits per heavy atom. The molecule has 1 aliphatic rings. The van der Waals surface area contributed by atoms with Gasteiger partial charge in [0, 0.05) is 17.8 Å². The van der Waals surface area contributed by atoms with Crippen LogP contribution in [0.5, 0.6) is 11.5 Å². The van der Waals surface area contributed by atoms with Gasteiger partial charge >= 0.3 is 6.18 Å². The van der Waals surface area contributed by atoms with Crippen molar-refractivity contribution in [1.29, 1.82) is 0 Å². The fourth-order valence-electron chi connectivity index (χ4n) is 3.26. The molecular weight excluding hydrogens is 381 g/mol. The molecule has 4 nitrogen and oxygen atoms in total. The zero-order chi connectivity index (χ0) is 20.6. The van der Waals surface area contributed by atoms with E-state index < -0.39 is 11.7 Å². The fourth-order valence-corrected chi connectivity index (χ4v) is 3.26. The zero-order valence-corrected chi connectivity index (χ0v) is 15.5. The Hall–Kier alpha value is -3.35. The number of rotatable bonds is 3. The van der Waals surface area contributed by atoms with Crippen LogP contribution in [0.25, 0.3) is 0 Å². The van der Waals surface area contributed by atoms with Gasteiger partial charge in [0.15, 0.2) is 0 Å². The highest BCUT2D eigenvalue weighted by Crippen LogP contribution is 2.32. The Morgan fingerprint density at radius 2 is 1.72 bits per heavy atom. The Balaban J connectivity index is 1.58. The van der Waals surface area contributed by atoms with Gasteiger partial charge < -0.3 is 4.74 Å². The molecule has 2 aromatic carbocycles. The number of aromatic nitrogens is 1. The van der Waals surface area contributed by atoms with Crippen molar-refractivity contribution in [3.05, 3.63) is 83.0 Å². The van der Waals surface area contributed by atoms with Gasteiger partial charge in [0.2, 0.25) is 0 Å². The number of hydrogen-bond acceptors (Lipinski definition) is 3. The summed E-state index contributed by atoms with van der Waals surface area (Å²) in [6, 6.07) is 15.1. The van der Waals surface area contributed by atoms with Crippen molar-refractivity contribution >= 4 is 11.7 Å². The number of amides is 1. The van der Waals surface area contributed by atoms with Crippen molar-refractivity contribution in [2.75, 3.05) is 11.4 Å². The molecule has 0 radical (unpaired) electrons. The van der Waals surface area contributed by atoms with Crippen molar-refractivity contribution in [3.8, 4) is 11.5 Å². The number of halogens is 3. The number of fused-ring (bicyclic) bond motifs is 1. The van der Waals surface area contributed by atoms with E-state index in [1.165, 1.54) is 12.1 Å². The second-order valence-corrected chi connectivity index (χ2v) is 6.79. The lowest BCUT2D eigenvalue weighted by atomic mass is 9.98. The molecule has 2 heterocycles. The first kappa shape index (κ1) is 19.0. The number of pyridine rings is 1. The minimum absolute atomic E-state index is 0.179. The summed E-state index contributed by atoms with van der Waals surface area (Å²) in [5.41, 5.74) is 1.48. The molecule has 7 heteroatoms. The van der Waals surface area contributed by atoms with Crippen LogP contribution in [-0.4, -0.2) is 17.4 Å². The molecular formula is C22H17F3N2O2. The molecule has 0 fully saturated rings. The number of nitrogens with zero attached hydrogens (tertiary/aromatic N) is 2. The predicted octanol–water partition coefficient (Wildman–Crippen LogP) is 5.40. The van der Waals surface area contributed by atoms with Crippen LogP contribution in [0.4, 0.5) is 19.0 Å². The van der Waals surface area contributed by atoms with Crippen molar-refractivity contribution in [2.24, 2.45) is 0 Å². The molecule has 1 aliphatic heterocycles. The van der Waals surface area contributed by atoms with E-state index in [0.29, 0.717) is 30.1 Å². The highest BCUT2D eigenvalue weighted by atomic mass is 19.4. The number of alkyl halides is 3. The van der Waals surface area contributed by atoms with Crippen LogP contribution >= 0.6 is 0 Å². The van der Waals surface area contributed by atoms with E-state index in [1.54, 1.807) is 23.1 Å². The third-order valence-corrected chi connectivity index (χ3v) is 4.73. The summed E-state index contributed by atoms with van der Waals surface area (Å²) < 4.78 is 43.7. The molecule has 0 atom stereocenters. The van der Waals surface area contributed by atoms with Crippen LogP contribution in [-0.2, 0) is 12.6 Å². The molecule has 0 aliphatic carbocycles. The molecule has 29 heavy (non-hydrogen) atoms. The van der Waals surface area contributed by atoms with Gasteiger partial charge in [-0.2, -0.15) is 13.2 Å². The van der Waals surface area contributed by atoms with Crippen LogP contribution < -0.4 is 9.64 Å². The van der Waals surface area contributed by atoms with Gasteiger partial charge in [0.25, 0.3) is 5.91 Å². The molecule has 0 bridgehead atoms.